The van der Waals surface area contributed by atoms with Gasteiger partial charge in [-0.3, -0.25) is 9.69 Å². The molecular formula is C10H17NO2. The smallest absolute Gasteiger partial charge is 0.310 e. The van der Waals surface area contributed by atoms with Crippen molar-refractivity contribution in [3.8, 4) is 0 Å². The highest BCUT2D eigenvalue weighted by molar-refractivity contribution is 5.73. The molecule has 0 aromatic heterocycles. The van der Waals surface area contributed by atoms with E-state index in [1.807, 2.05) is 0 Å². The van der Waals surface area contributed by atoms with Crippen molar-refractivity contribution in [2.45, 2.75) is 37.8 Å². The monoisotopic (exact) mass is 183 g/mol. The van der Waals surface area contributed by atoms with Crippen molar-refractivity contribution in [1.82, 2.24) is 4.90 Å². The highest BCUT2D eigenvalue weighted by Gasteiger charge is 2.43. The fourth-order valence-corrected chi connectivity index (χ4v) is 2.86. The number of methoxy groups -OCH3 is 1. The second kappa shape index (κ2) is 3.29. The minimum Gasteiger partial charge on any atom is -0.469 e. The van der Waals surface area contributed by atoms with Gasteiger partial charge < -0.3 is 4.74 Å². The maximum absolute atomic E-state index is 11.5. The fraction of sp³-hybridized carbons (Fsp3) is 0.900. The van der Waals surface area contributed by atoms with Gasteiger partial charge in [0.05, 0.1) is 13.0 Å². The molecule has 74 valence electrons. The molecule has 2 heterocycles. The molecule has 2 aliphatic heterocycles. The molecular weight excluding hydrogens is 166 g/mol. The Morgan fingerprint density at radius 1 is 1.31 bits per heavy atom. The average molecular weight is 183 g/mol. The first-order chi connectivity index (χ1) is 6.24. The van der Waals surface area contributed by atoms with Crippen LogP contribution in [0.4, 0.5) is 0 Å². The van der Waals surface area contributed by atoms with Crippen LogP contribution < -0.4 is 0 Å². The van der Waals surface area contributed by atoms with E-state index in [1.165, 1.54) is 20.0 Å². The van der Waals surface area contributed by atoms with Crippen LogP contribution >= 0.6 is 0 Å². The predicted molar refractivity (Wildman–Crippen MR) is 49.3 cm³/mol. The molecule has 3 heteroatoms. The van der Waals surface area contributed by atoms with Gasteiger partial charge in [-0.05, 0) is 32.7 Å². The third-order valence-corrected chi connectivity index (χ3v) is 3.67. The highest BCUT2D eigenvalue weighted by Crippen LogP contribution is 2.38. The van der Waals surface area contributed by atoms with Gasteiger partial charge in [0.1, 0.15) is 0 Å². The number of rotatable bonds is 1. The molecule has 0 spiro atoms. The van der Waals surface area contributed by atoms with Crippen molar-refractivity contribution in [3.63, 3.8) is 0 Å². The van der Waals surface area contributed by atoms with Gasteiger partial charge in [0, 0.05) is 12.1 Å². The van der Waals surface area contributed by atoms with Crippen molar-refractivity contribution < 1.29 is 9.53 Å². The van der Waals surface area contributed by atoms with Crippen LogP contribution in [0, 0.1) is 5.92 Å². The van der Waals surface area contributed by atoms with Gasteiger partial charge in [-0.1, -0.05) is 0 Å². The lowest BCUT2D eigenvalue weighted by atomic mass is 9.91. The zero-order valence-corrected chi connectivity index (χ0v) is 8.32. The second-order valence-electron chi connectivity index (χ2n) is 4.17. The molecule has 0 aromatic carbocycles. The van der Waals surface area contributed by atoms with Crippen molar-refractivity contribution >= 4 is 5.97 Å². The maximum Gasteiger partial charge on any atom is 0.310 e. The number of piperidine rings is 1. The molecule has 0 aromatic rings. The first-order valence-corrected chi connectivity index (χ1v) is 5.04. The molecule has 0 N–H and O–H groups in total. The van der Waals surface area contributed by atoms with Crippen molar-refractivity contribution in [2.24, 2.45) is 5.92 Å². The lowest BCUT2D eigenvalue weighted by Crippen LogP contribution is -2.45. The van der Waals surface area contributed by atoms with Crippen LogP contribution in [0.25, 0.3) is 0 Å². The Hall–Kier alpha value is -0.570. The number of fused-ring (bicyclic) bond motifs is 2. The molecule has 0 radical (unpaired) electrons. The van der Waals surface area contributed by atoms with Gasteiger partial charge in [0.15, 0.2) is 0 Å². The molecule has 0 amide bonds. The van der Waals surface area contributed by atoms with E-state index < -0.39 is 0 Å². The summed E-state index contributed by atoms with van der Waals surface area (Å²) in [6, 6.07) is 1.18. The zero-order chi connectivity index (χ0) is 9.42. The van der Waals surface area contributed by atoms with Gasteiger partial charge in [-0.25, -0.2) is 0 Å². The average Bonchev–Trinajstić information content (AvgIpc) is 2.41. The van der Waals surface area contributed by atoms with Gasteiger partial charge in [-0.15, -0.1) is 0 Å². The molecule has 1 unspecified atom stereocenters. The van der Waals surface area contributed by atoms with Crippen LogP contribution in [-0.4, -0.2) is 37.1 Å². The number of hydrogen-bond donors (Lipinski definition) is 0. The van der Waals surface area contributed by atoms with E-state index in [9.17, 15) is 4.79 Å². The van der Waals surface area contributed by atoms with E-state index in [0.29, 0.717) is 6.04 Å². The number of nitrogens with zero attached hydrogens (tertiary/aromatic N) is 1. The van der Waals surface area contributed by atoms with Crippen molar-refractivity contribution in [3.05, 3.63) is 0 Å². The van der Waals surface area contributed by atoms with Gasteiger partial charge >= 0.3 is 5.97 Å². The number of esters is 1. The summed E-state index contributed by atoms with van der Waals surface area (Å²) >= 11 is 0. The summed E-state index contributed by atoms with van der Waals surface area (Å²) in [5.41, 5.74) is 0. The molecule has 0 saturated carbocycles. The zero-order valence-electron chi connectivity index (χ0n) is 8.32. The Labute approximate surface area is 79.0 Å². The summed E-state index contributed by atoms with van der Waals surface area (Å²) in [4.78, 5) is 13.8. The van der Waals surface area contributed by atoms with Gasteiger partial charge in [0.25, 0.3) is 0 Å². The van der Waals surface area contributed by atoms with E-state index in [0.717, 1.165) is 18.9 Å². The van der Waals surface area contributed by atoms with Crippen LogP contribution in [0.5, 0.6) is 0 Å². The first kappa shape index (κ1) is 9.00. The van der Waals surface area contributed by atoms with E-state index in [2.05, 4.69) is 11.9 Å². The summed E-state index contributed by atoms with van der Waals surface area (Å²) in [6.07, 6.45) is 4.61. The van der Waals surface area contributed by atoms with Gasteiger partial charge in [-0.2, -0.15) is 0 Å². The standard InChI is InChI=1S/C10H17NO2/c1-11-7-3-5-8(10(12)13-2)9(11)6-4-7/h7-9H,3-6H2,1-2H3/t7-,8?,9-/m1/s1. The Kier molecular flexibility index (Phi) is 2.28. The highest BCUT2D eigenvalue weighted by atomic mass is 16.5. The minimum absolute atomic E-state index is 0.0165. The lowest BCUT2D eigenvalue weighted by Gasteiger charge is -2.35. The summed E-state index contributed by atoms with van der Waals surface area (Å²) in [7, 11) is 3.63. The Balaban J connectivity index is 2.10. The Morgan fingerprint density at radius 2 is 2.00 bits per heavy atom. The first-order valence-electron chi connectivity index (χ1n) is 5.04. The van der Waals surface area contributed by atoms with Crippen molar-refractivity contribution in [2.75, 3.05) is 14.2 Å². The van der Waals surface area contributed by atoms with Crippen LogP contribution in [0.3, 0.4) is 0 Å². The van der Waals surface area contributed by atoms with Crippen LogP contribution in [0.15, 0.2) is 0 Å². The second-order valence-corrected chi connectivity index (χ2v) is 4.17. The number of ether oxygens (including phenoxy) is 1. The normalized spacial score (nSPS) is 39.1. The van der Waals surface area contributed by atoms with E-state index in [1.54, 1.807) is 0 Å². The predicted octanol–water partition coefficient (Wildman–Crippen LogP) is 1.03. The molecule has 3 nitrogen and oxygen atoms in total. The van der Waals surface area contributed by atoms with E-state index in [-0.39, 0.29) is 11.9 Å². The fourth-order valence-electron chi connectivity index (χ4n) is 2.86. The van der Waals surface area contributed by atoms with Crippen LogP contribution in [0.1, 0.15) is 25.7 Å². The van der Waals surface area contributed by atoms with Crippen LogP contribution in [0.2, 0.25) is 0 Å². The molecule has 2 bridgehead atoms. The molecule has 13 heavy (non-hydrogen) atoms. The summed E-state index contributed by atoms with van der Waals surface area (Å²) in [5.74, 6) is 0.117. The number of hydrogen-bond acceptors (Lipinski definition) is 3. The number of carbonyl (C=O) groups is 1. The largest absolute Gasteiger partial charge is 0.469 e. The molecule has 2 saturated heterocycles. The molecule has 2 fully saturated rings. The lowest BCUT2D eigenvalue weighted by molar-refractivity contribution is -0.149. The van der Waals surface area contributed by atoms with E-state index in [4.69, 9.17) is 4.74 Å². The van der Waals surface area contributed by atoms with E-state index >= 15 is 0 Å². The number of carbonyl (C=O) groups excluding carboxylic acids is 1. The van der Waals surface area contributed by atoms with Gasteiger partial charge in [0.2, 0.25) is 0 Å². The summed E-state index contributed by atoms with van der Waals surface area (Å²) in [6.45, 7) is 0. The third-order valence-electron chi connectivity index (χ3n) is 3.67. The molecule has 2 aliphatic rings. The Bertz CT molecular complexity index is 217. The minimum atomic E-state index is -0.0165. The molecule has 0 aliphatic carbocycles. The molecule has 2 rings (SSSR count). The molecule has 3 atom stereocenters. The quantitative estimate of drug-likeness (QED) is 0.569. The topological polar surface area (TPSA) is 29.5 Å². The maximum atomic E-state index is 11.5. The SMILES string of the molecule is COC(=O)C1CC[C@@H]2CC[C@H]1N2C. The summed E-state index contributed by atoms with van der Waals surface area (Å²) < 4.78 is 4.82. The third kappa shape index (κ3) is 1.35. The Morgan fingerprint density at radius 3 is 2.69 bits per heavy atom. The summed E-state index contributed by atoms with van der Waals surface area (Å²) in [5, 5.41) is 0. The van der Waals surface area contributed by atoms with Crippen LogP contribution in [-0.2, 0) is 9.53 Å². The van der Waals surface area contributed by atoms with Crippen molar-refractivity contribution in [1.29, 1.82) is 0 Å².